The van der Waals surface area contributed by atoms with Gasteiger partial charge in [-0.15, -0.1) is 0 Å². The lowest BCUT2D eigenvalue weighted by Crippen LogP contribution is -2.50. The van der Waals surface area contributed by atoms with Crippen LogP contribution < -0.4 is 10.6 Å². The van der Waals surface area contributed by atoms with Crippen LogP contribution in [0.15, 0.2) is 0 Å². The smallest absolute Gasteiger partial charge is 0.315 e. The molecule has 0 heterocycles. The molecule has 5 atom stereocenters. The third kappa shape index (κ3) is 4.61. The summed E-state index contributed by atoms with van der Waals surface area (Å²) in [5, 5.41) is 15.1. The number of nitrogens with one attached hydrogen (secondary N) is 2. The van der Waals surface area contributed by atoms with Crippen LogP contribution in [0.4, 0.5) is 4.79 Å². The third-order valence-electron chi connectivity index (χ3n) is 5.11. The van der Waals surface area contributed by atoms with E-state index in [0.29, 0.717) is 12.3 Å². The number of carboxylic acids is 1. The van der Waals surface area contributed by atoms with Gasteiger partial charge in [-0.1, -0.05) is 20.3 Å². The van der Waals surface area contributed by atoms with Crippen LogP contribution >= 0.6 is 0 Å². The number of hydrogen-bond donors (Lipinski definition) is 3. The van der Waals surface area contributed by atoms with Crippen LogP contribution in [0.5, 0.6) is 0 Å². The summed E-state index contributed by atoms with van der Waals surface area (Å²) in [5.74, 6) is 0.212. The van der Waals surface area contributed by atoms with Crippen molar-refractivity contribution in [1.82, 2.24) is 10.6 Å². The molecule has 3 N–H and O–H groups in total. The van der Waals surface area contributed by atoms with Gasteiger partial charge in [0.05, 0.1) is 5.92 Å². The Balaban J connectivity index is 1.77. The summed E-state index contributed by atoms with van der Waals surface area (Å²) in [6.45, 7) is 4.46. The van der Waals surface area contributed by atoms with Crippen LogP contribution in [0.1, 0.15) is 58.8 Å². The van der Waals surface area contributed by atoms with Gasteiger partial charge >= 0.3 is 12.0 Å². The molecule has 2 aliphatic rings. The molecular formula is C16H28N2O3. The lowest BCUT2D eigenvalue weighted by molar-refractivity contribution is -0.143. The fraction of sp³-hybridized carbons (Fsp3) is 0.875. The number of urea groups is 1. The summed E-state index contributed by atoms with van der Waals surface area (Å²) in [6.07, 6.45) is 6.41. The first-order valence-corrected chi connectivity index (χ1v) is 8.25. The summed E-state index contributed by atoms with van der Waals surface area (Å²) >= 11 is 0. The zero-order valence-corrected chi connectivity index (χ0v) is 13.1. The van der Waals surface area contributed by atoms with Gasteiger partial charge in [0.2, 0.25) is 0 Å². The molecule has 21 heavy (non-hydrogen) atoms. The molecule has 5 unspecified atom stereocenters. The van der Waals surface area contributed by atoms with E-state index in [4.69, 9.17) is 5.11 Å². The predicted molar refractivity (Wildman–Crippen MR) is 81.0 cm³/mol. The minimum atomic E-state index is -0.739. The van der Waals surface area contributed by atoms with E-state index >= 15 is 0 Å². The first-order chi connectivity index (χ1) is 9.95. The van der Waals surface area contributed by atoms with E-state index in [1.807, 2.05) is 0 Å². The van der Waals surface area contributed by atoms with Crippen molar-refractivity contribution in [1.29, 1.82) is 0 Å². The minimum Gasteiger partial charge on any atom is -0.481 e. The van der Waals surface area contributed by atoms with Gasteiger partial charge in [0.25, 0.3) is 0 Å². The van der Waals surface area contributed by atoms with Crippen molar-refractivity contribution in [3.05, 3.63) is 0 Å². The number of carbonyl (C=O) groups is 2. The molecule has 2 rings (SSSR count). The largest absolute Gasteiger partial charge is 0.481 e. The molecule has 2 aliphatic carbocycles. The predicted octanol–water partition coefficient (Wildman–Crippen LogP) is 2.75. The molecule has 0 spiro atoms. The molecule has 120 valence electrons. The van der Waals surface area contributed by atoms with Gasteiger partial charge in [-0.25, -0.2) is 4.79 Å². The van der Waals surface area contributed by atoms with E-state index in [-0.39, 0.29) is 24.0 Å². The van der Waals surface area contributed by atoms with Gasteiger partial charge in [0, 0.05) is 12.1 Å². The highest BCUT2D eigenvalue weighted by Gasteiger charge is 2.30. The molecule has 0 saturated heterocycles. The molecule has 0 aromatic rings. The first kappa shape index (κ1) is 16.1. The van der Waals surface area contributed by atoms with Crippen LogP contribution in [0, 0.1) is 17.8 Å². The molecule has 2 amide bonds. The Labute approximate surface area is 126 Å². The van der Waals surface area contributed by atoms with E-state index < -0.39 is 5.97 Å². The Morgan fingerprint density at radius 2 is 1.76 bits per heavy atom. The fourth-order valence-electron chi connectivity index (χ4n) is 3.82. The van der Waals surface area contributed by atoms with Gasteiger partial charge < -0.3 is 15.7 Å². The zero-order chi connectivity index (χ0) is 15.4. The van der Waals surface area contributed by atoms with Gasteiger partial charge in [-0.3, -0.25) is 4.79 Å². The Morgan fingerprint density at radius 1 is 1.00 bits per heavy atom. The quantitative estimate of drug-likeness (QED) is 0.749. The van der Waals surface area contributed by atoms with Crippen molar-refractivity contribution in [2.45, 2.75) is 70.9 Å². The van der Waals surface area contributed by atoms with Crippen molar-refractivity contribution in [3.63, 3.8) is 0 Å². The molecule has 0 bridgehead atoms. The summed E-state index contributed by atoms with van der Waals surface area (Å²) in [6, 6.07) is 0.121. The van der Waals surface area contributed by atoms with Crippen molar-refractivity contribution < 1.29 is 14.7 Å². The average molecular weight is 296 g/mol. The molecule has 0 aromatic heterocycles. The SMILES string of the molecule is CC1CCC(NC(=O)NC2CCCC(C(=O)O)C2)C(C)C1. The molecule has 5 nitrogen and oxygen atoms in total. The second-order valence-corrected chi connectivity index (χ2v) is 7.02. The topological polar surface area (TPSA) is 78.4 Å². The monoisotopic (exact) mass is 296 g/mol. The standard InChI is InChI=1S/C16H28N2O3/c1-10-6-7-14(11(2)8-10)18-16(21)17-13-5-3-4-12(9-13)15(19)20/h10-14H,3-9H2,1-2H3,(H,19,20)(H2,17,18,21). The van der Waals surface area contributed by atoms with Crippen LogP contribution in [0.25, 0.3) is 0 Å². The number of carboxylic acid groups (broad SMARTS) is 1. The number of rotatable bonds is 3. The lowest BCUT2D eigenvalue weighted by Gasteiger charge is -2.34. The summed E-state index contributed by atoms with van der Waals surface area (Å²) in [4.78, 5) is 23.2. The molecule has 0 aromatic carbocycles. The maximum Gasteiger partial charge on any atom is 0.315 e. The Bertz CT molecular complexity index is 386. The van der Waals surface area contributed by atoms with Crippen molar-refractivity contribution in [3.8, 4) is 0 Å². The molecular weight excluding hydrogens is 268 g/mol. The van der Waals surface area contributed by atoms with E-state index in [1.54, 1.807) is 0 Å². The van der Waals surface area contributed by atoms with Gasteiger partial charge in [0.15, 0.2) is 0 Å². The summed E-state index contributed by atoms with van der Waals surface area (Å²) < 4.78 is 0. The Morgan fingerprint density at radius 3 is 2.43 bits per heavy atom. The second kappa shape index (κ2) is 7.14. The minimum absolute atomic E-state index is 0.00216. The second-order valence-electron chi connectivity index (χ2n) is 7.02. The molecule has 2 saturated carbocycles. The Hall–Kier alpha value is -1.26. The zero-order valence-electron chi connectivity index (χ0n) is 13.1. The molecule has 5 heteroatoms. The van der Waals surface area contributed by atoms with Gasteiger partial charge in [-0.05, 0) is 50.4 Å². The maximum absolute atomic E-state index is 12.1. The highest BCUT2D eigenvalue weighted by Crippen LogP contribution is 2.29. The molecule has 0 aliphatic heterocycles. The van der Waals surface area contributed by atoms with Crippen molar-refractivity contribution >= 4 is 12.0 Å². The van der Waals surface area contributed by atoms with E-state index in [2.05, 4.69) is 24.5 Å². The number of amides is 2. The number of carbonyl (C=O) groups excluding carboxylic acids is 1. The number of aliphatic carboxylic acids is 1. The summed E-state index contributed by atoms with van der Waals surface area (Å²) in [5.41, 5.74) is 0. The van der Waals surface area contributed by atoms with Crippen LogP contribution in [-0.2, 0) is 4.79 Å². The van der Waals surface area contributed by atoms with Crippen LogP contribution in [0.3, 0.4) is 0 Å². The highest BCUT2D eigenvalue weighted by molar-refractivity contribution is 5.75. The molecule has 0 radical (unpaired) electrons. The maximum atomic E-state index is 12.1. The third-order valence-corrected chi connectivity index (χ3v) is 5.11. The van der Waals surface area contributed by atoms with E-state index in [0.717, 1.165) is 38.0 Å². The van der Waals surface area contributed by atoms with Crippen LogP contribution in [-0.4, -0.2) is 29.2 Å². The fourth-order valence-corrected chi connectivity index (χ4v) is 3.82. The summed E-state index contributed by atoms with van der Waals surface area (Å²) in [7, 11) is 0. The van der Waals surface area contributed by atoms with Crippen molar-refractivity contribution in [2.75, 3.05) is 0 Å². The number of hydrogen-bond acceptors (Lipinski definition) is 2. The Kier molecular flexibility index (Phi) is 5.48. The van der Waals surface area contributed by atoms with E-state index in [9.17, 15) is 9.59 Å². The van der Waals surface area contributed by atoms with Crippen LogP contribution in [0.2, 0.25) is 0 Å². The van der Waals surface area contributed by atoms with Crippen molar-refractivity contribution in [2.24, 2.45) is 17.8 Å². The van der Waals surface area contributed by atoms with Gasteiger partial charge in [0.1, 0.15) is 0 Å². The lowest BCUT2D eigenvalue weighted by atomic mass is 9.80. The normalized spacial score (nSPS) is 36.8. The average Bonchev–Trinajstić information content (AvgIpc) is 2.42. The first-order valence-electron chi connectivity index (χ1n) is 8.25. The molecule has 2 fully saturated rings. The van der Waals surface area contributed by atoms with E-state index in [1.165, 1.54) is 6.42 Å². The van der Waals surface area contributed by atoms with Gasteiger partial charge in [-0.2, -0.15) is 0 Å². The highest BCUT2D eigenvalue weighted by atomic mass is 16.4.